The Labute approximate surface area is 139 Å². The average Bonchev–Trinajstić information content (AvgIpc) is 3.08. The summed E-state index contributed by atoms with van der Waals surface area (Å²) in [5.41, 5.74) is 1.72. The lowest BCUT2D eigenvalue weighted by Crippen LogP contribution is -2.23. The molecular weight excluding hydrogens is 314 g/mol. The minimum Gasteiger partial charge on any atom is -0.495 e. The van der Waals surface area contributed by atoms with Gasteiger partial charge in [-0.1, -0.05) is 11.8 Å². The molecule has 0 bridgehead atoms. The second-order valence-electron chi connectivity index (χ2n) is 4.69. The van der Waals surface area contributed by atoms with E-state index in [1.807, 2.05) is 18.2 Å². The van der Waals surface area contributed by atoms with Crippen molar-refractivity contribution in [1.82, 2.24) is 15.2 Å². The van der Waals surface area contributed by atoms with Crippen LogP contribution in [0.2, 0.25) is 0 Å². The molecule has 1 amide bonds. The molecule has 2 rings (SSSR count). The van der Waals surface area contributed by atoms with Crippen molar-refractivity contribution in [2.24, 2.45) is 0 Å². The molecule has 0 radical (unpaired) electrons. The first kappa shape index (κ1) is 17.1. The van der Waals surface area contributed by atoms with Gasteiger partial charge in [-0.25, -0.2) is 4.98 Å². The summed E-state index contributed by atoms with van der Waals surface area (Å²) in [4.78, 5) is 18.2. The van der Waals surface area contributed by atoms with E-state index in [2.05, 4.69) is 39.2 Å². The van der Waals surface area contributed by atoms with Crippen LogP contribution >= 0.6 is 11.8 Å². The Balaban J connectivity index is 2.04. The van der Waals surface area contributed by atoms with Gasteiger partial charge in [0.2, 0.25) is 5.91 Å². The number of thioether (sulfide) groups is 1. The Kier molecular flexibility index (Phi) is 6.28. The summed E-state index contributed by atoms with van der Waals surface area (Å²) >= 11 is 1.31. The first-order chi connectivity index (χ1) is 11.2. The van der Waals surface area contributed by atoms with E-state index in [0.717, 1.165) is 30.2 Å². The van der Waals surface area contributed by atoms with Crippen LogP contribution in [0.25, 0.3) is 0 Å². The number of amides is 1. The van der Waals surface area contributed by atoms with E-state index >= 15 is 0 Å². The first-order valence-electron chi connectivity index (χ1n) is 7.38. The number of nitrogens with one attached hydrogen (secondary N) is 2. The molecule has 0 saturated carbocycles. The molecule has 1 heterocycles. The summed E-state index contributed by atoms with van der Waals surface area (Å²) in [5.74, 6) is 0.965. The van der Waals surface area contributed by atoms with Crippen LogP contribution < -0.4 is 15.0 Å². The van der Waals surface area contributed by atoms with Gasteiger partial charge in [-0.15, -0.1) is 0 Å². The summed E-state index contributed by atoms with van der Waals surface area (Å²) in [6.45, 7) is 5.90. The monoisotopic (exact) mass is 335 g/mol. The number of carbonyl (C=O) groups excluding carboxylic acids is 1. The van der Waals surface area contributed by atoms with Crippen LogP contribution in [0.3, 0.4) is 0 Å². The Morgan fingerprint density at radius 3 is 2.78 bits per heavy atom. The Morgan fingerprint density at radius 2 is 2.17 bits per heavy atom. The van der Waals surface area contributed by atoms with E-state index < -0.39 is 0 Å². The summed E-state index contributed by atoms with van der Waals surface area (Å²) in [5, 5.41) is 9.97. The maximum atomic E-state index is 12.0. The molecule has 7 nitrogen and oxygen atoms in total. The van der Waals surface area contributed by atoms with Crippen LogP contribution in [0.1, 0.15) is 13.8 Å². The minimum absolute atomic E-state index is 0.0953. The molecule has 0 aliphatic carbocycles. The van der Waals surface area contributed by atoms with Crippen LogP contribution in [-0.2, 0) is 4.79 Å². The molecule has 0 fully saturated rings. The molecule has 124 valence electrons. The molecule has 23 heavy (non-hydrogen) atoms. The Morgan fingerprint density at radius 1 is 1.39 bits per heavy atom. The van der Waals surface area contributed by atoms with Crippen LogP contribution in [0.4, 0.5) is 11.4 Å². The van der Waals surface area contributed by atoms with Crippen molar-refractivity contribution in [2.45, 2.75) is 19.0 Å². The normalized spacial score (nSPS) is 10.4. The molecule has 0 saturated heterocycles. The van der Waals surface area contributed by atoms with Gasteiger partial charge in [-0.3, -0.25) is 9.89 Å². The molecule has 0 aliphatic heterocycles. The van der Waals surface area contributed by atoms with Gasteiger partial charge in [-0.2, -0.15) is 5.10 Å². The molecule has 2 N–H and O–H groups in total. The zero-order valence-corrected chi connectivity index (χ0v) is 14.3. The van der Waals surface area contributed by atoms with Gasteiger partial charge in [0.05, 0.1) is 18.6 Å². The third kappa shape index (κ3) is 4.62. The lowest BCUT2D eigenvalue weighted by atomic mass is 10.2. The zero-order chi connectivity index (χ0) is 16.7. The number of H-pyrrole nitrogens is 1. The topological polar surface area (TPSA) is 83.1 Å². The number of aromatic amines is 1. The number of carbonyl (C=O) groups is 1. The largest absolute Gasteiger partial charge is 0.495 e. The fourth-order valence-corrected chi connectivity index (χ4v) is 2.75. The second-order valence-corrected chi connectivity index (χ2v) is 5.65. The smallest absolute Gasteiger partial charge is 0.234 e. The van der Waals surface area contributed by atoms with Crippen molar-refractivity contribution >= 4 is 29.0 Å². The number of nitrogens with zero attached hydrogens (tertiary/aromatic N) is 3. The molecule has 1 aromatic heterocycles. The highest BCUT2D eigenvalue weighted by molar-refractivity contribution is 7.99. The van der Waals surface area contributed by atoms with Gasteiger partial charge in [0.15, 0.2) is 5.16 Å². The van der Waals surface area contributed by atoms with E-state index in [4.69, 9.17) is 4.74 Å². The van der Waals surface area contributed by atoms with E-state index in [0.29, 0.717) is 5.16 Å². The number of hydrogen-bond acceptors (Lipinski definition) is 6. The van der Waals surface area contributed by atoms with Crippen LogP contribution in [0, 0.1) is 0 Å². The van der Waals surface area contributed by atoms with Gasteiger partial charge < -0.3 is 15.0 Å². The number of methoxy groups -OCH3 is 1. The van der Waals surface area contributed by atoms with Gasteiger partial charge in [0.25, 0.3) is 0 Å². The first-order valence-corrected chi connectivity index (χ1v) is 8.37. The van der Waals surface area contributed by atoms with Crippen LogP contribution in [0.5, 0.6) is 5.75 Å². The van der Waals surface area contributed by atoms with Gasteiger partial charge in [0, 0.05) is 18.8 Å². The van der Waals surface area contributed by atoms with Crippen LogP contribution in [0.15, 0.2) is 29.7 Å². The van der Waals surface area contributed by atoms with E-state index in [9.17, 15) is 4.79 Å². The summed E-state index contributed by atoms with van der Waals surface area (Å²) < 4.78 is 5.41. The number of hydrogen-bond donors (Lipinski definition) is 2. The SMILES string of the molecule is CCN(CC)c1cc(NC(=O)CSc2ncn[nH]2)ccc1OC. The van der Waals surface area contributed by atoms with Crippen molar-refractivity contribution in [3.05, 3.63) is 24.5 Å². The summed E-state index contributed by atoms with van der Waals surface area (Å²) in [7, 11) is 1.65. The summed E-state index contributed by atoms with van der Waals surface area (Å²) in [6.07, 6.45) is 1.42. The quantitative estimate of drug-likeness (QED) is 0.721. The fraction of sp³-hybridized carbons (Fsp3) is 0.400. The number of benzene rings is 1. The van der Waals surface area contributed by atoms with Gasteiger partial charge in [-0.05, 0) is 32.0 Å². The van der Waals surface area contributed by atoms with Crippen molar-refractivity contribution in [3.8, 4) is 5.75 Å². The summed E-state index contributed by atoms with van der Waals surface area (Å²) in [6, 6.07) is 5.64. The minimum atomic E-state index is -0.0953. The van der Waals surface area contributed by atoms with Gasteiger partial charge >= 0.3 is 0 Å². The maximum Gasteiger partial charge on any atom is 0.234 e. The average molecular weight is 335 g/mol. The predicted octanol–water partition coefficient (Wildman–Crippen LogP) is 2.39. The van der Waals surface area contributed by atoms with Crippen LogP contribution in [-0.4, -0.2) is 47.0 Å². The maximum absolute atomic E-state index is 12.0. The molecular formula is C15H21N5O2S. The molecule has 1 aromatic carbocycles. The van der Waals surface area contributed by atoms with Crippen molar-refractivity contribution in [1.29, 1.82) is 0 Å². The van der Waals surface area contributed by atoms with Crippen molar-refractivity contribution in [2.75, 3.05) is 36.2 Å². The molecule has 0 atom stereocenters. The molecule has 0 unspecified atom stereocenters. The van der Waals surface area contributed by atoms with E-state index in [1.54, 1.807) is 7.11 Å². The van der Waals surface area contributed by atoms with E-state index in [1.165, 1.54) is 18.1 Å². The number of aromatic nitrogens is 3. The third-order valence-corrected chi connectivity index (χ3v) is 4.18. The fourth-order valence-electron chi connectivity index (χ4n) is 2.17. The number of rotatable bonds is 8. The highest BCUT2D eigenvalue weighted by Gasteiger charge is 2.12. The van der Waals surface area contributed by atoms with E-state index in [-0.39, 0.29) is 11.7 Å². The number of ether oxygens (including phenoxy) is 1. The van der Waals surface area contributed by atoms with Crippen molar-refractivity contribution < 1.29 is 9.53 Å². The molecule has 0 aliphatic rings. The van der Waals surface area contributed by atoms with Gasteiger partial charge in [0.1, 0.15) is 12.1 Å². The highest BCUT2D eigenvalue weighted by atomic mass is 32.2. The standard InChI is InChI=1S/C15H21N5O2S/c1-4-20(5-2)12-8-11(6-7-13(12)22-3)18-14(21)9-23-15-16-10-17-19-15/h6-8,10H,4-5,9H2,1-3H3,(H,18,21)(H,16,17,19). The molecule has 8 heteroatoms. The zero-order valence-electron chi connectivity index (χ0n) is 13.5. The Hall–Kier alpha value is -2.22. The molecule has 0 spiro atoms. The van der Waals surface area contributed by atoms with Crippen molar-refractivity contribution in [3.63, 3.8) is 0 Å². The number of anilines is 2. The Bertz CT molecular complexity index is 629. The molecule has 2 aromatic rings. The third-order valence-electron chi connectivity index (χ3n) is 3.30. The highest BCUT2D eigenvalue weighted by Crippen LogP contribution is 2.31. The lowest BCUT2D eigenvalue weighted by molar-refractivity contribution is -0.113. The predicted molar refractivity (Wildman–Crippen MR) is 92.3 cm³/mol. The lowest BCUT2D eigenvalue weighted by Gasteiger charge is -2.24. The second kappa shape index (κ2) is 8.42.